The molecular formula is C4H13N3. The van der Waals surface area contributed by atoms with E-state index in [1.165, 1.54) is 0 Å². The second kappa shape index (κ2) is 4.05. The third-order valence-electron chi connectivity index (χ3n) is 0.507. The summed E-state index contributed by atoms with van der Waals surface area (Å²) in [6, 6.07) is 0. The lowest BCUT2D eigenvalue weighted by Gasteiger charge is -2.05. The number of hydrogen-bond donors (Lipinski definition) is 3. The van der Waals surface area contributed by atoms with Crippen molar-refractivity contribution in [3.8, 4) is 0 Å². The van der Waals surface area contributed by atoms with Crippen LogP contribution in [0.25, 0.3) is 0 Å². The fourth-order valence-corrected chi connectivity index (χ4v) is 0.263. The Kier molecular flexibility index (Phi) is 3.98. The van der Waals surface area contributed by atoms with Crippen molar-refractivity contribution in [2.75, 3.05) is 6.54 Å². The molecule has 4 N–H and O–H groups in total. The van der Waals surface area contributed by atoms with Gasteiger partial charge in [0, 0.05) is 6.54 Å². The zero-order valence-corrected chi connectivity index (χ0v) is 4.86. The lowest BCUT2D eigenvalue weighted by Crippen LogP contribution is -2.43. The van der Waals surface area contributed by atoms with Crippen molar-refractivity contribution in [2.24, 2.45) is 5.73 Å². The van der Waals surface area contributed by atoms with E-state index in [2.05, 4.69) is 10.9 Å². The molecule has 0 aliphatic rings. The molecule has 0 aliphatic heterocycles. The molecule has 0 radical (unpaired) electrons. The van der Waals surface area contributed by atoms with Crippen LogP contribution in [-0.4, -0.2) is 12.7 Å². The average molecular weight is 103 g/mol. The van der Waals surface area contributed by atoms with Gasteiger partial charge in [-0.3, -0.25) is 5.43 Å². The predicted octanol–water partition coefficient (Wildman–Crippen LogP) is -0.595. The molecule has 0 rings (SSSR count). The van der Waals surface area contributed by atoms with Gasteiger partial charge in [0.2, 0.25) is 0 Å². The summed E-state index contributed by atoms with van der Waals surface area (Å²) in [5.41, 5.74) is 11.0. The first kappa shape index (κ1) is 6.88. The van der Waals surface area contributed by atoms with Crippen LogP contribution in [-0.2, 0) is 0 Å². The summed E-state index contributed by atoms with van der Waals surface area (Å²) in [5.74, 6) is 0. The molecule has 0 saturated heterocycles. The first-order valence-corrected chi connectivity index (χ1v) is 2.51. The largest absolute Gasteiger partial charge is 0.315 e. The summed E-state index contributed by atoms with van der Waals surface area (Å²) in [4.78, 5) is 0. The minimum absolute atomic E-state index is 0.0416. The maximum absolute atomic E-state index is 5.30. The van der Waals surface area contributed by atoms with E-state index in [4.69, 9.17) is 5.73 Å². The van der Waals surface area contributed by atoms with E-state index in [0.29, 0.717) is 0 Å². The van der Waals surface area contributed by atoms with Gasteiger partial charge in [-0.15, -0.1) is 0 Å². The second-order valence-corrected chi connectivity index (χ2v) is 1.46. The fourth-order valence-electron chi connectivity index (χ4n) is 0.263. The molecule has 0 aromatic carbocycles. The van der Waals surface area contributed by atoms with E-state index in [1.807, 2.05) is 13.8 Å². The van der Waals surface area contributed by atoms with Crippen molar-refractivity contribution in [3.63, 3.8) is 0 Å². The minimum Gasteiger partial charge on any atom is -0.315 e. The van der Waals surface area contributed by atoms with Crippen LogP contribution >= 0.6 is 0 Å². The van der Waals surface area contributed by atoms with Crippen LogP contribution in [0.15, 0.2) is 0 Å². The van der Waals surface area contributed by atoms with Crippen LogP contribution in [0.5, 0.6) is 0 Å². The summed E-state index contributed by atoms with van der Waals surface area (Å²) in [7, 11) is 0. The van der Waals surface area contributed by atoms with Crippen LogP contribution in [0.1, 0.15) is 13.8 Å². The highest BCUT2D eigenvalue weighted by molar-refractivity contribution is 4.40. The molecule has 0 spiro atoms. The molecule has 0 heterocycles. The zero-order chi connectivity index (χ0) is 5.70. The standard InChI is InChI=1S/C4H13N3/c1-3-6-7-4(2)5/h4,6-7H,3,5H2,1-2H3. The molecular weight excluding hydrogens is 90.1 g/mol. The van der Waals surface area contributed by atoms with Gasteiger partial charge in [0.1, 0.15) is 0 Å². The molecule has 3 heteroatoms. The Balaban J connectivity index is 2.68. The van der Waals surface area contributed by atoms with Crippen LogP contribution in [0.2, 0.25) is 0 Å². The molecule has 3 nitrogen and oxygen atoms in total. The molecule has 1 atom stereocenters. The molecule has 0 amide bonds. The maximum Gasteiger partial charge on any atom is 0.0650 e. The average Bonchev–Trinajstić information content (AvgIpc) is 1.61. The normalized spacial score (nSPS) is 14.1. The summed E-state index contributed by atoms with van der Waals surface area (Å²) in [5, 5.41) is 0. The molecule has 1 unspecified atom stereocenters. The van der Waals surface area contributed by atoms with Gasteiger partial charge in [-0.25, -0.2) is 5.43 Å². The van der Waals surface area contributed by atoms with Gasteiger partial charge < -0.3 is 5.73 Å². The van der Waals surface area contributed by atoms with Gasteiger partial charge >= 0.3 is 0 Å². The van der Waals surface area contributed by atoms with E-state index in [1.54, 1.807) is 0 Å². The van der Waals surface area contributed by atoms with Gasteiger partial charge in [0.25, 0.3) is 0 Å². The molecule has 0 aromatic rings. The molecule has 0 saturated carbocycles. The van der Waals surface area contributed by atoms with Crippen molar-refractivity contribution >= 4 is 0 Å². The summed E-state index contributed by atoms with van der Waals surface area (Å²) in [6.45, 7) is 4.79. The number of nitrogens with one attached hydrogen (secondary N) is 2. The van der Waals surface area contributed by atoms with Crippen molar-refractivity contribution < 1.29 is 0 Å². The number of nitrogens with two attached hydrogens (primary N) is 1. The van der Waals surface area contributed by atoms with Crippen molar-refractivity contribution in [1.29, 1.82) is 0 Å². The van der Waals surface area contributed by atoms with Gasteiger partial charge in [0.15, 0.2) is 0 Å². The van der Waals surface area contributed by atoms with Crippen LogP contribution in [0, 0.1) is 0 Å². The maximum atomic E-state index is 5.30. The zero-order valence-electron chi connectivity index (χ0n) is 4.86. The van der Waals surface area contributed by atoms with Crippen LogP contribution in [0.4, 0.5) is 0 Å². The second-order valence-electron chi connectivity index (χ2n) is 1.46. The van der Waals surface area contributed by atoms with E-state index < -0.39 is 0 Å². The molecule has 44 valence electrons. The summed E-state index contributed by atoms with van der Waals surface area (Å²) < 4.78 is 0. The van der Waals surface area contributed by atoms with Crippen molar-refractivity contribution in [2.45, 2.75) is 20.0 Å². The SMILES string of the molecule is CCNNC(C)N. The quantitative estimate of drug-likeness (QED) is 0.330. The van der Waals surface area contributed by atoms with E-state index in [9.17, 15) is 0 Å². The molecule has 0 aliphatic carbocycles. The lowest BCUT2D eigenvalue weighted by molar-refractivity contribution is 0.472. The third-order valence-corrected chi connectivity index (χ3v) is 0.507. The van der Waals surface area contributed by atoms with Crippen LogP contribution < -0.4 is 16.6 Å². The van der Waals surface area contributed by atoms with Gasteiger partial charge in [-0.2, -0.15) is 0 Å². The first-order chi connectivity index (χ1) is 3.27. The van der Waals surface area contributed by atoms with Crippen molar-refractivity contribution in [1.82, 2.24) is 10.9 Å². The number of hydrogen-bond acceptors (Lipinski definition) is 3. The summed E-state index contributed by atoms with van der Waals surface area (Å²) >= 11 is 0. The smallest absolute Gasteiger partial charge is 0.0650 e. The Bertz CT molecular complexity index is 35.9. The van der Waals surface area contributed by atoms with Gasteiger partial charge in [0.05, 0.1) is 6.17 Å². The Labute approximate surface area is 44.2 Å². The topological polar surface area (TPSA) is 50.1 Å². The Morgan fingerprint density at radius 1 is 1.71 bits per heavy atom. The number of hydrazine groups is 1. The molecule has 0 aromatic heterocycles. The highest BCUT2D eigenvalue weighted by Gasteiger charge is 1.83. The minimum atomic E-state index is 0.0416. The molecule has 0 bridgehead atoms. The molecule has 0 fully saturated rings. The first-order valence-electron chi connectivity index (χ1n) is 2.51. The predicted molar refractivity (Wildman–Crippen MR) is 30.5 cm³/mol. The van der Waals surface area contributed by atoms with Crippen molar-refractivity contribution in [3.05, 3.63) is 0 Å². The van der Waals surface area contributed by atoms with Gasteiger partial charge in [-0.1, -0.05) is 6.92 Å². The summed E-state index contributed by atoms with van der Waals surface area (Å²) in [6.07, 6.45) is 0.0416. The highest BCUT2D eigenvalue weighted by Crippen LogP contribution is 1.56. The third kappa shape index (κ3) is 5.88. The fraction of sp³-hybridized carbons (Fsp3) is 1.00. The van der Waals surface area contributed by atoms with Crippen LogP contribution in [0.3, 0.4) is 0 Å². The Morgan fingerprint density at radius 3 is 2.43 bits per heavy atom. The monoisotopic (exact) mass is 103 g/mol. The van der Waals surface area contributed by atoms with E-state index in [-0.39, 0.29) is 6.17 Å². The van der Waals surface area contributed by atoms with Gasteiger partial charge in [-0.05, 0) is 6.92 Å². The Morgan fingerprint density at radius 2 is 2.29 bits per heavy atom. The molecule has 7 heavy (non-hydrogen) atoms. The lowest BCUT2D eigenvalue weighted by atomic mass is 10.6. The highest BCUT2D eigenvalue weighted by atomic mass is 15.4. The van der Waals surface area contributed by atoms with E-state index >= 15 is 0 Å². The number of rotatable bonds is 3. The Hall–Kier alpha value is -0.120. The van der Waals surface area contributed by atoms with E-state index in [0.717, 1.165) is 6.54 Å².